The largest absolute Gasteiger partial charge is 0.394 e. The van der Waals surface area contributed by atoms with E-state index in [1.807, 2.05) is 30.3 Å². The van der Waals surface area contributed by atoms with Crippen LogP contribution in [0.15, 0.2) is 43.0 Å². The molecule has 1 aliphatic heterocycles. The van der Waals surface area contributed by atoms with Crippen molar-refractivity contribution >= 4 is 11.2 Å². The molecule has 3 N–H and O–H groups in total. The fourth-order valence-electron chi connectivity index (χ4n) is 2.89. The Kier molecular flexibility index (Phi) is 4.36. The smallest absolute Gasteiger partial charge is 0.166 e. The highest BCUT2D eigenvalue weighted by Gasteiger charge is 2.43. The van der Waals surface area contributed by atoms with Gasteiger partial charge in [-0.3, -0.25) is 4.57 Å². The van der Waals surface area contributed by atoms with E-state index in [-0.39, 0.29) is 0 Å². The lowest BCUT2D eigenvalue weighted by Gasteiger charge is -2.16. The fraction of sp³-hybridized carbons (Fsp3) is 0.278. The minimum atomic E-state index is -1.21. The van der Waals surface area contributed by atoms with Gasteiger partial charge in [0.25, 0.3) is 0 Å². The van der Waals surface area contributed by atoms with E-state index in [1.54, 1.807) is 0 Å². The summed E-state index contributed by atoms with van der Waals surface area (Å²) in [6.45, 7) is -0.399. The second-order valence-electron chi connectivity index (χ2n) is 5.89. The zero-order valence-electron chi connectivity index (χ0n) is 13.6. The molecule has 0 radical (unpaired) electrons. The van der Waals surface area contributed by atoms with E-state index in [1.165, 1.54) is 17.2 Å². The van der Waals surface area contributed by atoms with Gasteiger partial charge in [0.1, 0.15) is 35.8 Å². The SMILES string of the molecule is OCC1OC(n2cnc3c(C#Cc4ccccc4)ncnc32)C(O)C1O. The van der Waals surface area contributed by atoms with Crippen molar-refractivity contribution in [1.29, 1.82) is 0 Å². The van der Waals surface area contributed by atoms with Crippen LogP contribution >= 0.6 is 0 Å². The second-order valence-corrected chi connectivity index (χ2v) is 5.89. The topological polar surface area (TPSA) is 114 Å². The van der Waals surface area contributed by atoms with E-state index in [9.17, 15) is 15.3 Å². The average molecular weight is 352 g/mol. The lowest BCUT2D eigenvalue weighted by molar-refractivity contribution is -0.0511. The summed E-state index contributed by atoms with van der Waals surface area (Å²) in [6.07, 6.45) is -1.37. The Labute approximate surface area is 148 Å². The first-order valence-electron chi connectivity index (χ1n) is 8.06. The summed E-state index contributed by atoms with van der Waals surface area (Å²) in [5.74, 6) is 6.00. The molecule has 26 heavy (non-hydrogen) atoms. The van der Waals surface area contributed by atoms with Crippen LogP contribution in [0.1, 0.15) is 17.5 Å². The number of ether oxygens (including phenoxy) is 1. The molecule has 132 valence electrons. The maximum Gasteiger partial charge on any atom is 0.166 e. The van der Waals surface area contributed by atoms with E-state index in [2.05, 4.69) is 26.8 Å². The van der Waals surface area contributed by atoms with Crippen molar-refractivity contribution in [3.8, 4) is 11.8 Å². The summed E-state index contributed by atoms with van der Waals surface area (Å²) < 4.78 is 7.04. The third-order valence-corrected chi connectivity index (χ3v) is 4.25. The number of benzene rings is 1. The molecule has 4 unspecified atom stereocenters. The molecule has 0 amide bonds. The zero-order chi connectivity index (χ0) is 18.1. The third kappa shape index (κ3) is 2.83. The lowest BCUT2D eigenvalue weighted by Crippen LogP contribution is -2.33. The lowest BCUT2D eigenvalue weighted by atomic mass is 10.1. The molecule has 1 aromatic carbocycles. The molecule has 0 bridgehead atoms. The van der Waals surface area contributed by atoms with Crippen molar-refractivity contribution in [3.05, 3.63) is 54.2 Å². The van der Waals surface area contributed by atoms with Gasteiger partial charge in [0.15, 0.2) is 11.9 Å². The van der Waals surface area contributed by atoms with Gasteiger partial charge in [-0.1, -0.05) is 24.1 Å². The summed E-state index contributed by atoms with van der Waals surface area (Å²) in [4.78, 5) is 12.7. The van der Waals surface area contributed by atoms with Crippen molar-refractivity contribution in [2.75, 3.05) is 6.61 Å². The number of rotatable bonds is 2. The Morgan fingerprint density at radius 1 is 1.04 bits per heavy atom. The molecular formula is C18H16N4O4. The molecule has 1 aliphatic rings. The number of aliphatic hydroxyl groups excluding tert-OH is 3. The molecule has 4 atom stereocenters. The number of hydrogen-bond acceptors (Lipinski definition) is 7. The zero-order valence-corrected chi connectivity index (χ0v) is 13.6. The number of aromatic nitrogens is 4. The highest BCUT2D eigenvalue weighted by atomic mass is 16.6. The van der Waals surface area contributed by atoms with Gasteiger partial charge in [0.2, 0.25) is 0 Å². The van der Waals surface area contributed by atoms with Gasteiger partial charge >= 0.3 is 0 Å². The van der Waals surface area contributed by atoms with Gasteiger partial charge in [-0.2, -0.15) is 0 Å². The monoisotopic (exact) mass is 352 g/mol. The first-order valence-corrected chi connectivity index (χ1v) is 8.06. The molecule has 8 nitrogen and oxygen atoms in total. The Balaban J connectivity index is 1.71. The van der Waals surface area contributed by atoms with Crippen LogP contribution in [0.2, 0.25) is 0 Å². The molecule has 0 aliphatic carbocycles. The summed E-state index contributed by atoms with van der Waals surface area (Å²) in [6, 6.07) is 9.50. The Morgan fingerprint density at radius 2 is 1.85 bits per heavy atom. The number of hydrogen-bond donors (Lipinski definition) is 3. The van der Waals surface area contributed by atoms with Gasteiger partial charge < -0.3 is 20.1 Å². The first kappa shape index (κ1) is 16.6. The van der Waals surface area contributed by atoms with Crippen LogP contribution < -0.4 is 0 Å². The third-order valence-electron chi connectivity index (χ3n) is 4.25. The van der Waals surface area contributed by atoms with E-state index < -0.39 is 31.1 Å². The van der Waals surface area contributed by atoms with Gasteiger partial charge in [0.05, 0.1) is 12.9 Å². The highest BCUT2D eigenvalue weighted by molar-refractivity contribution is 5.76. The predicted octanol–water partition coefficient (Wildman–Crippen LogP) is -0.162. The molecule has 8 heteroatoms. The average Bonchev–Trinajstić information content (AvgIpc) is 3.23. The van der Waals surface area contributed by atoms with Crippen molar-refractivity contribution in [1.82, 2.24) is 19.5 Å². The molecule has 1 fully saturated rings. The van der Waals surface area contributed by atoms with Crippen LogP contribution in [-0.4, -0.2) is 59.8 Å². The number of imidazole rings is 1. The molecule has 1 saturated heterocycles. The van der Waals surface area contributed by atoms with Crippen molar-refractivity contribution < 1.29 is 20.1 Å². The van der Waals surface area contributed by atoms with E-state index in [0.717, 1.165) is 5.56 Å². The molecular weight excluding hydrogens is 336 g/mol. The van der Waals surface area contributed by atoms with Gasteiger partial charge in [-0.05, 0) is 18.1 Å². The highest BCUT2D eigenvalue weighted by Crippen LogP contribution is 2.31. The molecule has 2 aromatic heterocycles. The fourth-order valence-corrected chi connectivity index (χ4v) is 2.89. The van der Waals surface area contributed by atoms with Crippen LogP contribution in [0.4, 0.5) is 0 Å². The van der Waals surface area contributed by atoms with Crippen molar-refractivity contribution in [2.45, 2.75) is 24.5 Å². The van der Waals surface area contributed by atoms with Gasteiger partial charge in [-0.15, -0.1) is 0 Å². The summed E-state index contributed by atoms with van der Waals surface area (Å²) in [5.41, 5.74) is 2.19. The number of nitrogens with zero attached hydrogens (tertiary/aromatic N) is 4. The quantitative estimate of drug-likeness (QED) is 0.549. The number of fused-ring (bicyclic) bond motifs is 1. The Morgan fingerprint density at radius 3 is 2.58 bits per heavy atom. The maximum atomic E-state index is 10.2. The summed E-state index contributed by atoms with van der Waals surface area (Å²) in [5, 5.41) is 29.4. The van der Waals surface area contributed by atoms with Crippen LogP contribution in [0, 0.1) is 11.8 Å². The van der Waals surface area contributed by atoms with E-state index >= 15 is 0 Å². The Hall–Kier alpha value is -2.83. The van der Waals surface area contributed by atoms with Crippen LogP contribution in [0.5, 0.6) is 0 Å². The second kappa shape index (κ2) is 6.82. The molecule has 0 spiro atoms. The van der Waals surface area contributed by atoms with Gasteiger partial charge in [0, 0.05) is 5.56 Å². The molecule has 0 saturated carbocycles. The van der Waals surface area contributed by atoms with E-state index in [4.69, 9.17) is 4.74 Å². The van der Waals surface area contributed by atoms with Crippen LogP contribution in [0.25, 0.3) is 11.2 Å². The van der Waals surface area contributed by atoms with Crippen molar-refractivity contribution in [2.24, 2.45) is 0 Å². The minimum absolute atomic E-state index is 0.399. The molecule has 3 aromatic rings. The summed E-state index contributed by atoms with van der Waals surface area (Å²) >= 11 is 0. The van der Waals surface area contributed by atoms with Crippen LogP contribution in [-0.2, 0) is 4.74 Å². The molecule has 4 rings (SSSR count). The van der Waals surface area contributed by atoms with E-state index in [0.29, 0.717) is 16.9 Å². The molecule has 3 heterocycles. The normalized spacial score (nSPS) is 25.2. The minimum Gasteiger partial charge on any atom is -0.394 e. The summed E-state index contributed by atoms with van der Waals surface area (Å²) in [7, 11) is 0. The first-order chi connectivity index (χ1) is 12.7. The predicted molar refractivity (Wildman–Crippen MR) is 90.8 cm³/mol. The van der Waals surface area contributed by atoms with Crippen LogP contribution in [0.3, 0.4) is 0 Å². The standard InChI is InChI=1S/C18H16N4O4/c23-8-13-15(24)16(25)18(26-13)22-10-21-14-12(19-9-20-17(14)22)7-6-11-4-2-1-3-5-11/h1-5,9-10,13,15-16,18,23-25H,8H2. The van der Waals surface area contributed by atoms with Crippen molar-refractivity contribution in [3.63, 3.8) is 0 Å². The van der Waals surface area contributed by atoms with Gasteiger partial charge in [-0.25, -0.2) is 15.0 Å². The maximum absolute atomic E-state index is 10.2. The number of aliphatic hydroxyl groups is 3. The Bertz CT molecular complexity index is 979.